The van der Waals surface area contributed by atoms with Gasteiger partial charge in [0.1, 0.15) is 0 Å². The van der Waals surface area contributed by atoms with Crippen molar-refractivity contribution in [1.82, 2.24) is 0 Å². The summed E-state index contributed by atoms with van der Waals surface area (Å²) < 4.78 is 81.9. The first-order chi connectivity index (χ1) is 13.5. The molecule has 0 fully saturated rings. The Morgan fingerprint density at radius 3 is 0.862 bits per heavy atom. The summed E-state index contributed by atoms with van der Waals surface area (Å²) >= 11 is 0. The van der Waals surface area contributed by atoms with Gasteiger partial charge in [-0.25, -0.2) is 0 Å². The molecule has 176 valence electrons. The van der Waals surface area contributed by atoms with Crippen molar-refractivity contribution in [2.45, 2.75) is 17.0 Å². The summed E-state index contributed by atoms with van der Waals surface area (Å²) in [5.74, 6) is 0. The zero-order valence-electron chi connectivity index (χ0n) is 18.7. The normalized spacial score (nSPS) is 14.4. The van der Waals surface area contributed by atoms with Gasteiger partial charge in [0.05, 0.1) is 0 Å². The Morgan fingerprint density at radius 1 is 0.517 bits per heavy atom. The molecule has 0 aromatic rings. The second kappa shape index (κ2) is 11.9. The van der Waals surface area contributed by atoms with E-state index in [0.717, 1.165) is 28.4 Å². The molecule has 0 heterocycles. The van der Waals surface area contributed by atoms with Crippen LogP contribution in [0, 0.1) is 0 Å². The highest BCUT2D eigenvalue weighted by atomic mass is 31.2. The molecule has 29 heavy (non-hydrogen) atoms. The quantitative estimate of drug-likeness (QED) is 0.228. The highest BCUT2D eigenvalue weighted by Crippen LogP contribution is 2.81. The van der Waals surface area contributed by atoms with Crippen LogP contribution < -0.4 is 0 Å². The monoisotopic (exact) mass is 500 g/mol. The van der Waals surface area contributed by atoms with E-state index in [2.05, 4.69) is 0 Å². The van der Waals surface area contributed by atoms with Crippen LogP contribution in [-0.2, 0) is 53.8 Å². The van der Waals surface area contributed by atoms with Crippen molar-refractivity contribution < 1.29 is 53.8 Å². The minimum absolute atomic E-state index is 0.341. The molecule has 0 bridgehead atoms. The molecule has 0 unspecified atom stereocenters. The molecule has 0 aromatic carbocycles. The Morgan fingerprint density at radius 2 is 0.724 bits per heavy atom. The molecule has 16 heteroatoms. The minimum Gasteiger partial charge on any atom is -0.377 e. The van der Waals surface area contributed by atoms with E-state index in [0.29, 0.717) is 0 Å². The van der Waals surface area contributed by atoms with E-state index < -0.39 is 37.7 Å². The summed E-state index contributed by atoms with van der Waals surface area (Å²) in [6.45, 7) is 0. The van der Waals surface area contributed by atoms with Crippen LogP contribution in [0.3, 0.4) is 0 Å². The Hall–Kier alpha value is 0.494. The lowest BCUT2D eigenvalue weighted by molar-refractivity contribution is 0.107. The van der Waals surface area contributed by atoms with E-state index >= 15 is 0 Å². The van der Waals surface area contributed by atoms with E-state index in [-0.39, 0.29) is 12.1 Å². The van der Waals surface area contributed by atoms with E-state index in [1.807, 2.05) is 0 Å². The van der Waals surface area contributed by atoms with Crippen LogP contribution in [0.2, 0.25) is 12.1 Å². The molecule has 0 saturated heterocycles. The Balaban J connectivity index is 7.26. The number of hydrogen-bond donors (Lipinski definition) is 0. The maximum Gasteiger partial charge on any atom is 0.502 e. The molecule has 0 saturated carbocycles. The zero-order valence-corrected chi connectivity index (χ0v) is 22.5. The summed E-state index contributed by atoms with van der Waals surface area (Å²) in [6, 6.07) is -0.682. The molecule has 0 rings (SSSR count). The third-order valence-corrected chi connectivity index (χ3v) is 17.9. The number of hydrogen-bond acceptors (Lipinski definition) is 12. The average molecular weight is 501 g/mol. The van der Waals surface area contributed by atoms with Gasteiger partial charge in [-0.15, -0.1) is 0 Å². The molecule has 0 N–H and O–H groups in total. The van der Waals surface area contributed by atoms with Gasteiger partial charge in [0.25, 0.3) is 0 Å². The van der Waals surface area contributed by atoms with Crippen molar-refractivity contribution in [2.24, 2.45) is 0 Å². The first kappa shape index (κ1) is 29.5. The first-order valence-corrected chi connectivity index (χ1v) is 15.2. The summed E-state index contributed by atoms with van der Waals surface area (Å²) in [5.41, 5.74) is 0. The van der Waals surface area contributed by atoms with Crippen LogP contribution in [0.25, 0.3) is 0 Å². The van der Waals surface area contributed by atoms with Crippen molar-refractivity contribution in [2.75, 3.05) is 71.1 Å². The SMILES string of the molecule is CO[Si](CC(C[Si](OC)(OC)OC)(P(=O)(OC)OC)P(=O)(OC)OC)(OC)OC. The molecule has 0 aliphatic rings. The zero-order chi connectivity index (χ0) is 23.0. The average Bonchev–Trinajstić information content (AvgIpc) is 2.79. The fourth-order valence-corrected chi connectivity index (χ4v) is 16.1. The van der Waals surface area contributed by atoms with E-state index in [1.54, 1.807) is 0 Å². The van der Waals surface area contributed by atoms with Gasteiger partial charge in [0.2, 0.25) is 0 Å². The van der Waals surface area contributed by atoms with Gasteiger partial charge in [0, 0.05) is 83.2 Å². The fraction of sp³-hybridized carbons (Fsp3) is 1.00. The second-order valence-electron chi connectivity index (χ2n) is 5.65. The molecule has 0 atom stereocenters. The van der Waals surface area contributed by atoms with E-state index in [1.165, 1.54) is 42.7 Å². The van der Waals surface area contributed by atoms with Gasteiger partial charge in [-0.3, -0.25) is 9.13 Å². The predicted octanol–water partition coefficient (Wildman–Crippen LogP) is 2.41. The predicted molar refractivity (Wildman–Crippen MR) is 109 cm³/mol. The molecule has 0 aliphatic heterocycles. The van der Waals surface area contributed by atoms with Crippen molar-refractivity contribution >= 4 is 32.8 Å². The van der Waals surface area contributed by atoms with E-state index in [4.69, 9.17) is 44.7 Å². The summed E-state index contributed by atoms with van der Waals surface area (Å²) in [4.78, 5) is -2.02. The van der Waals surface area contributed by atoms with Crippen molar-refractivity contribution in [1.29, 1.82) is 0 Å². The van der Waals surface area contributed by atoms with Crippen LogP contribution in [-0.4, -0.2) is 93.6 Å². The topological polar surface area (TPSA) is 126 Å². The molecular formula is C13H34O12P2Si2. The molecule has 12 nitrogen and oxygen atoms in total. The third kappa shape index (κ3) is 5.47. The lowest BCUT2D eigenvalue weighted by atomic mass is 10.5. The molecule has 0 aliphatic carbocycles. The Kier molecular flexibility index (Phi) is 12.1. The van der Waals surface area contributed by atoms with Crippen molar-refractivity contribution in [3.05, 3.63) is 0 Å². The van der Waals surface area contributed by atoms with E-state index in [9.17, 15) is 9.13 Å². The summed E-state index contributed by atoms with van der Waals surface area (Å²) in [7, 11) is -2.98. The number of rotatable bonds is 16. The minimum atomic E-state index is -4.27. The van der Waals surface area contributed by atoms with Crippen LogP contribution in [0.5, 0.6) is 0 Å². The van der Waals surface area contributed by atoms with Crippen LogP contribution in [0.15, 0.2) is 0 Å². The van der Waals surface area contributed by atoms with Crippen molar-refractivity contribution in [3.63, 3.8) is 0 Å². The third-order valence-electron chi connectivity index (χ3n) is 4.85. The first-order valence-electron chi connectivity index (χ1n) is 8.26. The van der Waals surface area contributed by atoms with Crippen LogP contribution in [0.4, 0.5) is 0 Å². The largest absolute Gasteiger partial charge is 0.502 e. The van der Waals surface area contributed by atoms with Gasteiger partial charge in [-0.05, 0) is 0 Å². The second-order valence-corrected chi connectivity index (χ2v) is 17.1. The van der Waals surface area contributed by atoms with Gasteiger partial charge in [-0.1, -0.05) is 0 Å². The molecule has 0 aromatic heterocycles. The molecule has 0 radical (unpaired) electrons. The maximum absolute atomic E-state index is 13.9. The van der Waals surface area contributed by atoms with Gasteiger partial charge < -0.3 is 44.7 Å². The van der Waals surface area contributed by atoms with Gasteiger partial charge in [-0.2, -0.15) is 0 Å². The maximum atomic E-state index is 13.9. The highest BCUT2D eigenvalue weighted by molar-refractivity contribution is 7.74. The van der Waals surface area contributed by atoms with Crippen LogP contribution in [0.1, 0.15) is 0 Å². The summed E-state index contributed by atoms with van der Waals surface area (Å²) in [6.07, 6.45) is 0. The highest BCUT2D eigenvalue weighted by Gasteiger charge is 2.72. The fourth-order valence-electron chi connectivity index (χ4n) is 3.06. The van der Waals surface area contributed by atoms with Gasteiger partial charge in [0.15, 0.2) is 4.90 Å². The Bertz CT molecular complexity index is 502. The summed E-state index contributed by atoms with van der Waals surface area (Å²) in [5, 5.41) is 0. The lowest BCUT2D eigenvalue weighted by Crippen LogP contribution is -2.55. The molecule has 0 spiro atoms. The Labute approximate surface area is 175 Å². The lowest BCUT2D eigenvalue weighted by Gasteiger charge is -2.45. The van der Waals surface area contributed by atoms with Crippen LogP contribution >= 0.6 is 15.2 Å². The van der Waals surface area contributed by atoms with Crippen molar-refractivity contribution in [3.8, 4) is 0 Å². The molecular weight excluding hydrogens is 466 g/mol. The molecule has 0 amide bonds. The standard InChI is InChI=1S/C13H34O12P2Si2/c1-16-26(14,17-2)13(27(15,18-3)19-4,11-28(20-5,21-6)22-7)12-29(23-8,24-9)25-10/h11-12H2,1-10H3. The van der Waals surface area contributed by atoms with Gasteiger partial charge >= 0.3 is 32.8 Å². The smallest absolute Gasteiger partial charge is 0.377 e.